The number of pyridine rings is 1. The average molecular weight is 378 g/mol. The summed E-state index contributed by atoms with van der Waals surface area (Å²) >= 11 is 0. The van der Waals surface area contributed by atoms with Crippen molar-refractivity contribution in [2.75, 3.05) is 13.1 Å². The topological polar surface area (TPSA) is 72.9 Å². The van der Waals surface area contributed by atoms with Gasteiger partial charge < -0.3 is 19.8 Å². The molecule has 0 aliphatic carbocycles. The quantitative estimate of drug-likeness (QED) is 0.740. The lowest BCUT2D eigenvalue weighted by Gasteiger charge is -2.34. The second kappa shape index (κ2) is 8.02. The van der Waals surface area contributed by atoms with Crippen molar-refractivity contribution in [1.29, 1.82) is 0 Å². The first kappa shape index (κ1) is 18.5. The van der Waals surface area contributed by atoms with Crippen LogP contribution in [0.5, 0.6) is 5.75 Å². The summed E-state index contributed by atoms with van der Waals surface area (Å²) in [5, 5.41) is 0. The molecule has 2 atom stereocenters. The van der Waals surface area contributed by atoms with Crippen LogP contribution in [-0.4, -0.2) is 39.3 Å². The van der Waals surface area contributed by atoms with E-state index >= 15 is 0 Å². The normalized spacial score (nSPS) is 18.2. The molecule has 146 valence electrons. The third-order valence-electron chi connectivity index (χ3n) is 5.37. The molecule has 2 N–H and O–H groups in total. The van der Waals surface area contributed by atoms with Gasteiger partial charge in [0.1, 0.15) is 18.0 Å². The highest BCUT2D eigenvalue weighted by molar-refractivity contribution is 5.94. The van der Waals surface area contributed by atoms with Crippen LogP contribution in [0.1, 0.15) is 35.8 Å². The number of imidazole rings is 1. The summed E-state index contributed by atoms with van der Waals surface area (Å²) < 4.78 is 7.85. The van der Waals surface area contributed by atoms with Crippen molar-refractivity contribution >= 4 is 11.6 Å². The van der Waals surface area contributed by atoms with Crippen LogP contribution in [-0.2, 0) is 6.61 Å². The monoisotopic (exact) mass is 378 g/mol. The number of likely N-dealkylation sites (tertiary alicyclic amines) is 1. The number of fused-ring (bicyclic) bond motifs is 1. The van der Waals surface area contributed by atoms with Crippen molar-refractivity contribution in [2.24, 2.45) is 11.7 Å². The number of nitrogens with zero attached hydrogens (tertiary/aromatic N) is 3. The van der Waals surface area contributed by atoms with Crippen LogP contribution in [0.15, 0.2) is 54.9 Å². The first-order valence-corrected chi connectivity index (χ1v) is 9.80. The highest BCUT2D eigenvalue weighted by atomic mass is 16.5. The number of piperidine rings is 1. The van der Waals surface area contributed by atoms with Crippen molar-refractivity contribution in [3.63, 3.8) is 0 Å². The Morgan fingerprint density at radius 1 is 1.32 bits per heavy atom. The minimum atomic E-state index is 0.0449. The Bertz CT molecular complexity index is 933. The fraction of sp³-hybridized carbons (Fsp3) is 0.364. The Kier molecular flexibility index (Phi) is 5.30. The molecule has 3 aromatic rings. The molecular formula is C22H26N4O2. The minimum absolute atomic E-state index is 0.0449. The van der Waals surface area contributed by atoms with Gasteiger partial charge in [0.25, 0.3) is 5.91 Å². The van der Waals surface area contributed by atoms with Gasteiger partial charge in [0.2, 0.25) is 0 Å². The molecule has 4 rings (SSSR count). The second-order valence-electron chi connectivity index (χ2n) is 7.53. The van der Waals surface area contributed by atoms with E-state index in [4.69, 9.17) is 10.5 Å². The molecule has 1 aliphatic heterocycles. The van der Waals surface area contributed by atoms with Crippen molar-refractivity contribution in [2.45, 2.75) is 32.4 Å². The van der Waals surface area contributed by atoms with Gasteiger partial charge in [-0.2, -0.15) is 0 Å². The van der Waals surface area contributed by atoms with E-state index in [1.165, 1.54) is 0 Å². The number of hydrogen-bond acceptors (Lipinski definition) is 4. The molecule has 1 saturated heterocycles. The van der Waals surface area contributed by atoms with Gasteiger partial charge in [-0.3, -0.25) is 4.79 Å². The Morgan fingerprint density at radius 2 is 2.21 bits per heavy atom. The molecule has 28 heavy (non-hydrogen) atoms. The zero-order valence-corrected chi connectivity index (χ0v) is 16.1. The molecule has 1 amide bonds. The average Bonchev–Trinajstić information content (AvgIpc) is 3.15. The highest BCUT2D eigenvalue weighted by Gasteiger charge is 2.26. The Labute approximate surface area is 164 Å². The SMILES string of the molecule is CC(N)C1CCCN(C(=O)c2cccc(OCc3cn4ccccc4n3)c2)C1. The number of hydrogen-bond donors (Lipinski definition) is 1. The number of rotatable bonds is 5. The molecule has 1 fully saturated rings. The molecular weight excluding hydrogens is 352 g/mol. The zero-order valence-electron chi connectivity index (χ0n) is 16.1. The molecule has 6 nitrogen and oxygen atoms in total. The van der Waals surface area contributed by atoms with E-state index in [9.17, 15) is 4.79 Å². The highest BCUT2D eigenvalue weighted by Crippen LogP contribution is 2.22. The lowest BCUT2D eigenvalue weighted by molar-refractivity contribution is 0.0660. The number of amides is 1. The molecule has 0 radical (unpaired) electrons. The van der Waals surface area contributed by atoms with Crippen LogP contribution >= 0.6 is 0 Å². The van der Waals surface area contributed by atoms with Gasteiger partial charge in [-0.1, -0.05) is 12.1 Å². The first-order valence-electron chi connectivity index (χ1n) is 9.80. The molecule has 0 bridgehead atoms. The summed E-state index contributed by atoms with van der Waals surface area (Å²) in [6.07, 6.45) is 6.00. The van der Waals surface area contributed by atoms with Crippen molar-refractivity contribution in [3.8, 4) is 5.75 Å². The lowest BCUT2D eigenvalue weighted by atomic mass is 9.92. The molecule has 2 unspecified atom stereocenters. The van der Waals surface area contributed by atoms with Crippen LogP contribution in [0, 0.1) is 5.92 Å². The molecule has 3 heterocycles. The van der Waals surface area contributed by atoms with E-state index in [0.29, 0.717) is 23.8 Å². The molecule has 0 spiro atoms. The third-order valence-corrected chi connectivity index (χ3v) is 5.37. The van der Waals surface area contributed by atoms with Gasteiger partial charge in [-0.05, 0) is 56.0 Å². The summed E-state index contributed by atoms with van der Waals surface area (Å²) in [6, 6.07) is 13.4. The predicted molar refractivity (Wildman–Crippen MR) is 108 cm³/mol. The Balaban J connectivity index is 1.43. The minimum Gasteiger partial charge on any atom is -0.487 e. The number of aromatic nitrogens is 2. The number of benzene rings is 1. The van der Waals surface area contributed by atoms with E-state index in [1.807, 2.05) is 71.1 Å². The van der Waals surface area contributed by atoms with Crippen molar-refractivity contribution in [1.82, 2.24) is 14.3 Å². The third kappa shape index (κ3) is 4.02. The van der Waals surface area contributed by atoms with Crippen molar-refractivity contribution < 1.29 is 9.53 Å². The van der Waals surface area contributed by atoms with Crippen LogP contribution in [0.2, 0.25) is 0 Å². The van der Waals surface area contributed by atoms with Crippen molar-refractivity contribution in [3.05, 3.63) is 66.1 Å². The number of ether oxygens (including phenoxy) is 1. The van der Waals surface area contributed by atoms with Crippen LogP contribution in [0.3, 0.4) is 0 Å². The van der Waals surface area contributed by atoms with E-state index in [2.05, 4.69) is 4.98 Å². The molecule has 1 aromatic carbocycles. The van der Waals surface area contributed by atoms with Gasteiger partial charge in [0.15, 0.2) is 0 Å². The summed E-state index contributed by atoms with van der Waals surface area (Å²) in [5.41, 5.74) is 8.43. The van der Waals surface area contributed by atoms with E-state index < -0.39 is 0 Å². The number of carbonyl (C=O) groups excluding carboxylic acids is 1. The maximum Gasteiger partial charge on any atom is 0.253 e. The Morgan fingerprint density at radius 3 is 3.04 bits per heavy atom. The maximum atomic E-state index is 12.9. The molecule has 2 aromatic heterocycles. The summed E-state index contributed by atoms with van der Waals surface area (Å²) in [7, 11) is 0. The zero-order chi connectivity index (χ0) is 19.5. The van der Waals surface area contributed by atoms with Crippen LogP contribution in [0.25, 0.3) is 5.65 Å². The first-order chi connectivity index (χ1) is 13.6. The van der Waals surface area contributed by atoms with Gasteiger partial charge in [0.05, 0.1) is 5.69 Å². The molecule has 0 saturated carbocycles. The largest absolute Gasteiger partial charge is 0.487 e. The van der Waals surface area contributed by atoms with Gasteiger partial charge in [-0.15, -0.1) is 0 Å². The number of carbonyl (C=O) groups is 1. The molecule has 6 heteroatoms. The molecule has 1 aliphatic rings. The summed E-state index contributed by atoms with van der Waals surface area (Å²) in [4.78, 5) is 19.4. The van der Waals surface area contributed by atoms with Crippen LogP contribution < -0.4 is 10.5 Å². The second-order valence-corrected chi connectivity index (χ2v) is 7.53. The van der Waals surface area contributed by atoms with Gasteiger partial charge in [-0.25, -0.2) is 4.98 Å². The Hall–Kier alpha value is -2.86. The lowest BCUT2D eigenvalue weighted by Crippen LogP contribution is -2.45. The van der Waals surface area contributed by atoms with Crippen LogP contribution in [0.4, 0.5) is 0 Å². The summed E-state index contributed by atoms with van der Waals surface area (Å²) in [6.45, 7) is 3.89. The summed E-state index contributed by atoms with van der Waals surface area (Å²) in [5.74, 6) is 1.08. The van der Waals surface area contributed by atoms with Gasteiger partial charge in [0, 0.05) is 37.1 Å². The van der Waals surface area contributed by atoms with E-state index in [0.717, 1.165) is 37.3 Å². The fourth-order valence-corrected chi connectivity index (χ4v) is 3.74. The smallest absolute Gasteiger partial charge is 0.253 e. The predicted octanol–water partition coefficient (Wildman–Crippen LogP) is 3.11. The number of nitrogens with two attached hydrogens (primary N) is 1. The van der Waals surface area contributed by atoms with Gasteiger partial charge >= 0.3 is 0 Å². The fourth-order valence-electron chi connectivity index (χ4n) is 3.74. The van der Waals surface area contributed by atoms with E-state index in [-0.39, 0.29) is 11.9 Å². The van der Waals surface area contributed by atoms with E-state index in [1.54, 1.807) is 0 Å². The maximum absolute atomic E-state index is 12.9. The standard InChI is InChI=1S/C22H26N4O2/c1-16(23)18-7-5-11-26(13-18)22(27)17-6-4-8-20(12-17)28-15-19-14-25-10-3-2-9-21(25)24-19/h2-4,6,8-10,12,14,16,18H,5,7,11,13,15,23H2,1H3.